The molecule has 2 N–H and O–H groups in total. The summed E-state index contributed by atoms with van der Waals surface area (Å²) in [4.78, 5) is 24.1. The van der Waals surface area contributed by atoms with E-state index in [1.165, 1.54) is 32.1 Å². The predicted octanol–water partition coefficient (Wildman–Crippen LogP) is 4.26. The largest absolute Gasteiger partial charge is 0.478 e. The van der Waals surface area contributed by atoms with Gasteiger partial charge in [-0.1, -0.05) is 35.5 Å². The van der Waals surface area contributed by atoms with E-state index in [1.54, 1.807) is 0 Å². The maximum absolute atomic E-state index is 9.55. The molecule has 0 spiro atoms. The van der Waals surface area contributed by atoms with Gasteiger partial charge in [0.2, 0.25) is 0 Å². The number of likely N-dealkylation sites (tertiary alicyclic amines) is 1. The molecule has 0 bridgehead atoms. The number of nitrogens with zero attached hydrogens (tertiary/aromatic N) is 2. The minimum atomic E-state index is -1.26. The molecule has 0 amide bonds. The van der Waals surface area contributed by atoms with E-state index in [-0.39, 0.29) is 0 Å². The van der Waals surface area contributed by atoms with Crippen molar-refractivity contribution in [1.82, 2.24) is 4.90 Å². The Morgan fingerprint density at radius 1 is 1.00 bits per heavy atom. The van der Waals surface area contributed by atoms with Gasteiger partial charge in [0, 0.05) is 35.0 Å². The fraction of sp³-hybridized carbons (Fsp3) is 0.208. The Kier molecular flexibility index (Phi) is 7.29. The lowest BCUT2D eigenvalue weighted by Gasteiger charge is -2.30. The van der Waals surface area contributed by atoms with Crippen molar-refractivity contribution in [3.63, 3.8) is 0 Å². The maximum atomic E-state index is 9.55. The molecule has 4 rings (SSSR count). The van der Waals surface area contributed by atoms with Crippen LogP contribution >= 0.6 is 11.8 Å². The zero-order valence-corrected chi connectivity index (χ0v) is 17.9. The number of carboxylic acids is 2. The van der Waals surface area contributed by atoms with E-state index < -0.39 is 11.9 Å². The van der Waals surface area contributed by atoms with Gasteiger partial charge in [-0.2, -0.15) is 5.26 Å². The third kappa shape index (κ3) is 5.63. The highest BCUT2D eigenvalue weighted by Gasteiger charge is 2.25. The van der Waals surface area contributed by atoms with Crippen LogP contribution in [0, 0.1) is 11.3 Å². The van der Waals surface area contributed by atoms with Crippen LogP contribution in [0.25, 0.3) is 5.57 Å². The quantitative estimate of drug-likeness (QED) is 0.581. The highest BCUT2D eigenvalue weighted by molar-refractivity contribution is 7.99. The van der Waals surface area contributed by atoms with Gasteiger partial charge in [-0.3, -0.25) is 0 Å². The number of benzene rings is 2. The Morgan fingerprint density at radius 3 is 2.23 bits per heavy atom. The summed E-state index contributed by atoms with van der Waals surface area (Å²) in [5.74, 6) is -2.51. The molecule has 2 heterocycles. The molecule has 2 aromatic carbocycles. The molecule has 2 aromatic rings. The van der Waals surface area contributed by atoms with E-state index in [4.69, 9.17) is 10.2 Å². The number of piperidine rings is 1. The number of nitriles is 1. The first-order valence-electron chi connectivity index (χ1n) is 9.75. The van der Waals surface area contributed by atoms with E-state index >= 15 is 0 Å². The molecule has 158 valence electrons. The molecule has 0 aliphatic carbocycles. The average molecular weight is 435 g/mol. The summed E-state index contributed by atoms with van der Waals surface area (Å²) < 4.78 is 0. The minimum Gasteiger partial charge on any atom is -0.478 e. The van der Waals surface area contributed by atoms with E-state index in [1.807, 2.05) is 17.8 Å². The Bertz CT molecular complexity index is 1090. The third-order valence-corrected chi connectivity index (χ3v) is 6.22. The van der Waals surface area contributed by atoms with E-state index in [0.29, 0.717) is 12.2 Å². The first-order valence-corrected chi connectivity index (χ1v) is 10.6. The molecule has 6 nitrogen and oxygen atoms in total. The van der Waals surface area contributed by atoms with Crippen LogP contribution in [0.15, 0.2) is 70.0 Å². The number of carbonyl (C=O) groups is 2. The lowest BCUT2D eigenvalue weighted by molar-refractivity contribution is -0.134. The zero-order chi connectivity index (χ0) is 22.4. The van der Waals surface area contributed by atoms with Gasteiger partial charge in [0.25, 0.3) is 0 Å². The predicted molar refractivity (Wildman–Crippen MR) is 119 cm³/mol. The summed E-state index contributed by atoms with van der Waals surface area (Å²) in [6.07, 6.45) is 3.34. The van der Waals surface area contributed by atoms with Crippen LogP contribution in [0.3, 0.4) is 0 Å². The molecule has 31 heavy (non-hydrogen) atoms. The van der Waals surface area contributed by atoms with Crippen molar-refractivity contribution in [2.24, 2.45) is 0 Å². The number of aliphatic carboxylic acids is 2. The molecule has 2 aliphatic heterocycles. The standard InChI is InChI=1S/C20H18N2S.C4H4O4/c1-22-10-8-15(9-11-22)20-16-4-2-3-5-18(16)23-19-7-6-14(13-21)12-17(19)20;5-3(6)1-2-4(7)8/h2-7,12H,8-11H2,1H3;1-2H,(H,5,6)(H,7,8)/b;2-1+. The normalized spacial score (nSPS) is 15.4. The second-order valence-corrected chi connectivity index (χ2v) is 8.30. The van der Waals surface area contributed by atoms with Crippen LogP contribution in [0.5, 0.6) is 0 Å². The average Bonchev–Trinajstić information content (AvgIpc) is 2.77. The van der Waals surface area contributed by atoms with Gasteiger partial charge < -0.3 is 15.1 Å². The molecule has 0 saturated carbocycles. The number of hydrogen-bond donors (Lipinski definition) is 2. The Labute approximate surface area is 185 Å². The lowest BCUT2D eigenvalue weighted by Crippen LogP contribution is -2.27. The van der Waals surface area contributed by atoms with Gasteiger partial charge in [0.15, 0.2) is 0 Å². The second-order valence-electron chi connectivity index (χ2n) is 7.21. The summed E-state index contributed by atoms with van der Waals surface area (Å²) >= 11 is 1.82. The summed E-state index contributed by atoms with van der Waals surface area (Å²) in [6, 6.07) is 17.0. The summed E-state index contributed by atoms with van der Waals surface area (Å²) in [5.41, 5.74) is 6.23. The lowest BCUT2D eigenvalue weighted by atomic mass is 9.87. The van der Waals surface area contributed by atoms with Crippen LogP contribution in [0.2, 0.25) is 0 Å². The zero-order valence-electron chi connectivity index (χ0n) is 17.0. The molecule has 0 atom stereocenters. The topological polar surface area (TPSA) is 102 Å². The van der Waals surface area contributed by atoms with Crippen molar-refractivity contribution in [3.05, 3.63) is 76.9 Å². The fourth-order valence-electron chi connectivity index (χ4n) is 3.57. The smallest absolute Gasteiger partial charge is 0.328 e. The van der Waals surface area contributed by atoms with Crippen LogP contribution in [0.4, 0.5) is 0 Å². The molecule has 1 fully saturated rings. The van der Waals surface area contributed by atoms with Crippen LogP contribution in [-0.2, 0) is 9.59 Å². The van der Waals surface area contributed by atoms with Crippen LogP contribution in [0.1, 0.15) is 29.5 Å². The van der Waals surface area contributed by atoms with Crippen molar-refractivity contribution in [2.45, 2.75) is 22.6 Å². The first kappa shape index (κ1) is 22.3. The van der Waals surface area contributed by atoms with Crippen LogP contribution in [-0.4, -0.2) is 47.2 Å². The summed E-state index contributed by atoms with van der Waals surface area (Å²) in [6.45, 7) is 2.23. The van der Waals surface area contributed by atoms with E-state index in [0.717, 1.165) is 31.5 Å². The summed E-state index contributed by atoms with van der Waals surface area (Å²) in [7, 11) is 2.19. The monoisotopic (exact) mass is 434 g/mol. The summed E-state index contributed by atoms with van der Waals surface area (Å²) in [5, 5.41) is 24.9. The molecular weight excluding hydrogens is 412 g/mol. The SMILES string of the molecule is CN1CCC(=C2c3ccccc3Sc3ccc(C#N)cc32)CC1.O=C(O)/C=C/C(=O)O. The molecule has 1 saturated heterocycles. The van der Waals surface area contributed by atoms with Gasteiger partial charge in [-0.15, -0.1) is 0 Å². The van der Waals surface area contributed by atoms with Crippen molar-refractivity contribution in [3.8, 4) is 6.07 Å². The number of fused-ring (bicyclic) bond motifs is 2. The Morgan fingerprint density at radius 2 is 1.61 bits per heavy atom. The van der Waals surface area contributed by atoms with Crippen LogP contribution < -0.4 is 0 Å². The Balaban J connectivity index is 0.000000293. The molecule has 0 radical (unpaired) electrons. The van der Waals surface area contributed by atoms with Gasteiger partial charge in [0.1, 0.15) is 0 Å². The van der Waals surface area contributed by atoms with Crippen molar-refractivity contribution < 1.29 is 19.8 Å². The Hall–Kier alpha value is -3.34. The van der Waals surface area contributed by atoms with E-state index in [9.17, 15) is 14.9 Å². The number of rotatable bonds is 2. The van der Waals surface area contributed by atoms with Gasteiger partial charge in [0.05, 0.1) is 11.6 Å². The second kappa shape index (κ2) is 10.1. The van der Waals surface area contributed by atoms with E-state index in [2.05, 4.69) is 54.4 Å². The van der Waals surface area contributed by atoms with Gasteiger partial charge in [-0.05, 0) is 60.9 Å². The minimum absolute atomic E-state index is 0.558. The fourth-order valence-corrected chi connectivity index (χ4v) is 4.64. The highest BCUT2D eigenvalue weighted by Crippen LogP contribution is 2.47. The highest BCUT2D eigenvalue weighted by atomic mass is 32.2. The van der Waals surface area contributed by atoms with Gasteiger partial charge >= 0.3 is 11.9 Å². The molecular formula is C24H22N2O4S. The molecule has 0 aromatic heterocycles. The number of hydrogen-bond acceptors (Lipinski definition) is 5. The molecule has 7 heteroatoms. The van der Waals surface area contributed by atoms with Gasteiger partial charge in [-0.25, -0.2) is 9.59 Å². The maximum Gasteiger partial charge on any atom is 0.328 e. The third-order valence-electron chi connectivity index (χ3n) is 5.07. The van der Waals surface area contributed by atoms with Crippen molar-refractivity contribution >= 4 is 29.3 Å². The molecule has 0 unspecified atom stereocenters. The van der Waals surface area contributed by atoms with Crippen molar-refractivity contribution in [2.75, 3.05) is 20.1 Å². The van der Waals surface area contributed by atoms with Crippen molar-refractivity contribution in [1.29, 1.82) is 5.26 Å². The first-order chi connectivity index (χ1) is 14.9. The number of carboxylic acid groups (broad SMARTS) is 2. The molecule has 2 aliphatic rings.